The van der Waals surface area contributed by atoms with Crippen molar-refractivity contribution in [3.8, 4) is 5.88 Å². The lowest BCUT2D eigenvalue weighted by molar-refractivity contribution is 0.0496. The van der Waals surface area contributed by atoms with Crippen LogP contribution in [0, 0.1) is 23.7 Å². The number of amides is 2. The van der Waals surface area contributed by atoms with Crippen molar-refractivity contribution >= 4 is 18.2 Å². The summed E-state index contributed by atoms with van der Waals surface area (Å²) in [4.78, 5) is 25.0. The number of aliphatic hydroxyl groups excluding tert-OH is 1. The summed E-state index contributed by atoms with van der Waals surface area (Å²) in [5.74, 6) is 1.60. The van der Waals surface area contributed by atoms with Crippen LogP contribution in [0.4, 0.5) is 4.79 Å². The minimum atomic E-state index is -0.695. The number of methoxy groups -OCH3 is 1. The fourth-order valence-electron chi connectivity index (χ4n) is 5.10. The van der Waals surface area contributed by atoms with E-state index in [-0.39, 0.29) is 24.5 Å². The molecular formula is C25H40N4O5. The number of hydrogen-bond donors (Lipinski definition) is 3. The normalized spacial score (nSPS) is 24.8. The Kier molecular flexibility index (Phi) is 8.62. The van der Waals surface area contributed by atoms with Gasteiger partial charge in [-0.3, -0.25) is 4.79 Å². The van der Waals surface area contributed by atoms with Gasteiger partial charge < -0.3 is 25.2 Å². The second-order valence-electron chi connectivity index (χ2n) is 10.6. The lowest BCUT2D eigenvalue weighted by Gasteiger charge is -2.45. The molecular weight excluding hydrogens is 436 g/mol. The first kappa shape index (κ1) is 26.1. The maximum Gasteiger partial charge on any atom is 0.407 e. The molecule has 0 aliphatic heterocycles. The first-order chi connectivity index (χ1) is 16.1. The Labute approximate surface area is 202 Å². The van der Waals surface area contributed by atoms with Gasteiger partial charge in [-0.15, -0.1) is 0 Å². The number of ether oxygens (including phenoxy) is 2. The third-order valence-electron chi connectivity index (χ3n) is 6.78. The van der Waals surface area contributed by atoms with Crippen molar-refractivity contribution in [1.82, 2.24) is 20.4 Å². The minimum absolute atomic E-state index is 0.115. The smallest absolute Gasteiger partial charge is 0.407 e. The Balaban J connectivity index is 1.79. The minimum Gasteiger partial charge on any atom is -0.477 e. The van der Waals surface area contributed by atoms with Crippen molar-refractivity contribution in [2.24, 2.45) is 23.7 Å². The molecule has 1 aromatic rings. The van der Waals surface area contributed by atoms with Crippen LogP contribution in [0.3, 0.4) is 0 Å². The number of aliphatic hydroxyl groups is 1. The quantitative estimate of drug-likeness (QED) is 0.503. The molecule has 2 aliphatic carbocycles. The van der Waals surface area contributed by atoms with E-state index in [9.17, 15) is 14.7 Å². The summed E-state index contributed by atoms with van der Waals surface area (Å²) < 4.78 is 12.2. The molecule has 2 fully saturated rings. The molecule has 2 bridgehead atoms. The van der Waals surface area contributed by atoms with Gasteiger partial charge in [0.1, 0.15) is 5.56 Å². The van der Waals surface area contributed by atoms with Crippen molar-refractivity contribution in [3.05, 3.63) is 17.8 Å². The summed E-state index contributed by atoms with van der Waals surface area (Å²) in [5, 5.41) is 20.0. The summed E-state index contributed by atoms with van der Waals surface area (Å²) in [6, 6.07) is 0.115. The van der Waals surface area contributed by atoms with Crippen molar-refractivity contribution in [2.75, 3.05) is 20.3 Å². The van der Waals surface area contributed by atoms with Crippen LogP contribution in [0.5, 0.6) is 5.88 Å². The summed E-state index contributed by atoms with van der Waals surface area (Å²) >= 11 is 0. The van der Waals surface area contributed by atoms with Crippen LogP contribution in [0.15, 0.2) is 12.3 Å². The highest BCUT2D eigenvalue weighted by atomic mass is 16.5. The van der Waals surface area contributed by atoms with Gasteiger partial charge in [-0.25, -0.2) is 9.48 Å². The van der Waals surface area contributed by atoms with E-state index in [0.29, 0.717) is 35.8 Å². The molecule has 2 aliphatic rings. The van der Waals surface area contributed by atoms with Crippen LogP contribution in [0.25, 0.3) is 6.20 Å². The second kappa shape index (κ2) is 11.3. The van der Waals surface area contributed by atoms with Crippen molar-refractivity contribution in [3.63, 3.8) is 0 Å². The molecule has 2 saturated carbocycles. The SMILES string of the molecule is COC(=O)NC(C)(C)/C=C/n1ncc(C(=O)N[C@H]2C3CCCC2C[C@@H](CO)C3)c1OCC(C)C. The molecule has 3 rings (SSSR count). The van der Waals surface area contributed by atoms with E-state index < -0.39 is 11.6 Å². The van der Waals surface area contributed by atoms with Crippen molar-refractivity contribution < 1.29 is 24.2 Å². The molecule has 3 N–H and O–H groups in total. The van der Waals surface area contributed by atoms with Crippen LogP contribution in [0.1, 0.15) is 70.2 Å². The van der Waals surface area contributed by atoms with Gasteiger partial charge in [0.25, 0.3) is 5.91 Å². The lowest BCUT2D eigenvalue weighted by Crippen LogP contribution is -2.51. The maximum absolute atomic E-state index is 13.4. The Bertz CT molecular complexity index is 865. The number of carbonyl (C=O) groups excluding carboxylic acids is 2. The van der Waals surface area contributed by atoms with E-state index >= 15 is 0 Å². The number of nitrogens with zero attached hydrogens (tertiary/aromatic N) is 2. The van der Waals surface area contributed by atoms with Crippen LogP contribution in [-0.4, -0.2) is 58.8 Å². The molecule has 9 nitrogen and oxygen atoms in total. The maximum atomic E-state index is 13.4. The van der Waals surface area contributed by atoms with Gasteiger partial charge in [0.15, 0.2) is 0 Å². The van der Waals surface area contributed by atoms with Crippen molar-refractivity contribution in [2.45, 2.75) is 71.4 Å². The first-order valence-corrected chi connectivity index (χ1v) is 12.3. The molecule has 2 atom stereocenters. The summed E-state index contributed by atoms with van der Waals surface area (Å²) in [5.41, 5.74) is -0.300. The van der Waals surface area contributed by atoms with Crippen LogP contribution < -0.4 is 15.4 Å². The molecule has 2 amide bonds. The standard InChI is InChI=1S/C25H40N4O5/c1-16(2)15-34-23-20(13-26-29(23)10-9-25(3,4)28-24(32)33-5)22(31)27-21-18-7-6-8-19(21)12-17(11-18)14-30/h9-10,13,16-19,21,30H,6-8,11-12,14-15H2,1-5H3,(H,27,31)(H,28,32)/b10-9+/t17-,18?,19?,21-. The third kappa shape index (κ3) is 6.52. The summed E-state index contributed by atoms with van der Waals surface area (Å²) in [6.45, 7) is 8.40. The molecule has 2 unspecified atom stereocenters. The van der Waals surface area contributed by atoms with Gasteiger partial charge in [0.05, 0.1) is 25.5 Å². The third-order valence-corrected chi connectivity index (χ3v) is 6.78. The zero-order valence-corrected chi connectivity index (χ0v) is 21.0. The topological polar surface area (TPSA) is 115 Å². The Morgan fingerprint density at radius 3 is 2.56 bits per heavy atom. The number of aromatic nitrogens is 2. The van der Waals surface area contributed by atoms with E-state index in [0.717, 1.165) is 25.7 Å². The molecule has 9 heteroatoms. The molecule has 0 spiro atoms. The highest BCUT2D eigenvalue weighted by molar-refractivity contribution is 5.96. The van der Waals surface area contributed by atoms with Gasteiger partial charge in [-0.2, -0.15) is 5.10 Å². The van der Waals surface area contributed by atoms with E-state index in [1.165, 1.54) is 24.4 Å². The Morgan fingerprint density at radius 1 is 1.29 bits per heavy atom. The Morgan fingerprint density at radius 2 is 1.97 bits per heavy atom. The van der Waals surface area contributed by atoms with Crippen molar-refractivity contribution in [1.29, 1.82) is 0 Å². The zero-order chi connectivity index (χ0) is 24.9. The average molecular weight is 477 g/mol. The van der Waals surface area contributed by atoms with Gasteiger partial charge in [-0.05, 0) is 69.3 Å². The van der Waals surface area contributed by atoms with Crippen LogP contribution >= 0.6 is 0 Å². The average Bonchev–Trinajstić information content (AvgIpc) is 3.18. The predicted molar refractivity (Wildman–Crippen MR) is 129 cm³/mol. The van der Waals surface area contributed by atoms with E-state index in [4.69, 9.17) is 4.74 Å². The van der Waals surface area contributed by atoms with Gasteiger partial charge >= 0.3 is 6.09 Å². The Hall–Kier alpha value is -2.55. The highest BCUT2D eigenvalue weighted by Crippen LogP contribution is 2.43. The predicted octanol–water partition coefficient (Wildman–Crippen LogP) is 3.44. The van der Waals surface area contributed by atoms with E-state index in [2.05, 4.69) is 20.5 Å². The number of hydrogen-bond acceptors (Lipinski definition) is 6. The van der Waals surface area contributed by atoms with Gasteiger partial charge in [0, 0.05) is 18.8 Å². The second-order valence-corrected chi connectivity index (χ2v) is 10.6. The molecule has 0 saturated heterocycles. The summed E-state index contributed by atoms with van der Waals surface area (Å²) in [7, 11) is 1.32. The monoisotopic (exact) mass is 476 g/mol. The zero-order valence-electron chi connectivity index (χ0n) is 21.0. The first-order valence-electron chi connectivity index (χ1n) is 12.3. The van der Waals surface area contributed by atoms with Crippen LogP contribution in [0.2, 0.25) is 0 Å². The fraction of sp³-hybridized carbons (Fsp3) is 0.720. The number of alkyl carbamates (subject to hydrolysis) is 1. The largest absolute Gasteiger partial charge is 0.477 e. The molecule has 34 heavy (non-hydrogen) atoms. The molecule has 0 radical (unpaired) electrons. The molecule has 190 valence electrons. The number of rotatable bonds is 9. The number of carbonyl (C=O) groups is 2. The molecule has 1 aromatic heterocycles. The fourth-order valence-corrected chi connectivity index (χ4v) is 5.10. The van der Waals surface area contributed by atoms with Gasteiger partial charge in [0.2, 0.25) is 5.88 Å². The van der Waals surface area contributed by atoms with Gasteiger partial charge in [-0.1, -0.05) is 20.3 Å². The molecule has 1 heterocycles. The summed E-state index contributed by atoms with van der Waals surface area (Å²) in [6.07, 6.45) is 9.71. The highest BCUT2D eigenvalue weighted by Gasteiger charge is 2.41. The van der Waals surface area contributed by atoms with E-state index in [1.807, 2.05) is 27.7 Å². The lowest BCUT2D eigenvalue weighted by atomic mass is 9.65. The van der Waals surface area contributed by atoms with Crippen LogP contribution in [-0.2, 0) is 4.74 Å². The molecule has 0 aromatic carbocycles. The number of nitrogens with one attached hydrogen (secondary N) is 2. The van der Waals surface area contributed by atoms with E-state index in [1.54, 1.807) is 12.3 Å². The number of fused-ring (bicyclic) bond motifs is 2.